The largest absolute Gasteiger partial charge is 0.292 e. The lowest BCUT2D eigenvalue weighted by Gasteiger charge is -2.15. The average molecular weight is 299 g/mol. The molecule has 0 amide bonds. The molecule has 2 unspecified atom stereocenters. The average Bonchev–Trinajstić information content (AvgIpc) is 2.86. The molecule has 0 spiro atoms. The van der Waals surface area contributed by atoms with Crippen LogP contribution >= 0.6 is 15.9 Å². The molecule has 0 aliphatic heterocycles. The third kappa shape index (κ3) is 2.46. The Morgan fingerprint density at radius 1 is 1.59 bits per heavy atom. The van der Waals surface area contributed by atoms with Crippen LogP contribution in [0.25, 0.3) is 0 Å². The Labute approximate surface area is 111 Å². The summed E-state index contributed by atoms with van der Waals surface area (Å²) >= 11 is 3.45. The lowest BCUT2D eigenvalue weighted by Crippen LogP contribution is -2.21. The van der Waals surface area contributed by atoms with Crippen molar-refractivity contribution in [3.05, 3.63) is 16.4 Å². The quantitative estimate of drug-likeness (QED) is 0.795. The third-order valence-electron chi connectivity index (χ3n) is 3.66. The van der Waals surface area contributed by atoms with Crippen LogP contribution in [0.1, 0.15) is 50.0 Å². The van der Waals surface area contributed by atoms with Crippen molar-refractivity contribution in [1.29, 1.82) is 0 Å². The molecule has 1 aromatic heterocycles. The van der Waals surface area contributed by atoms with Gasteiger partial charge in [0.1, 0.15) is 5.69 Å². The Morgan fingerprint density at radius 3 is 2.94 bits per heavy atom. The van der Waals surface area contributed by atoms with Crippen LogP contribution in [-0.2, 0) is 6.54 Å². The molecular weight excluding hydrogens is 280 g/mol. The first-order chi connectivity index (χ1) is 8.15. The van der Waals surface area contributed by atoms with Crippen LogP contribution in [-0.4, -0.2) is 15.6 Å². The molecule has 2 atom stereocenters. The van der Waals surface area contributed by atoms with Crippen LogP contribution in [0.2, 0.25) is 0 Å². The standard InChI is InChI=1S/C13H19BrN2O/c1-3-7-16-12(11(14)8-15-16)13(17)10-6-4-5-9(10)2/h8-10H,3-7H2,1-2H3. The number of aromatic nitrogens is 2. The summed E-state index contributed by atoms with van der Waals surface area (Å²) in [5, 5.41) is 4.27. The third-order valence-corrected chi connectivity index (χ3v) is 4.24. The molecule has 94 valence electrons. The van der Waals surface area contributed by atoms with Crippen molar-refractivity contribution < 1.29 is 4.79 Å². The highest BCUT2D eigenvalue weighted by molar-refractivity contribution is 9.10. The summed E-state index contributed by atoms with van der Waals surface area (Å²) in [6.07, 6.45) is 6.12. The summed E-state index contributed by atoms with van der Waals surface area (Å²) in [5.41, 5.74) is 0.769. The predicted molar refractivity (Wildman–Crippen MR) is 71.1 cm³/mol. The van der Waals surface area contributed by atoms with E-state index in [1.54, 1.807) is 6.20 Å². The SMILES string of the molecule is CCCn1ncc(Br)c1C(=O)C1CCCC1C. The Balaban J connectivity index is 2.26. The summed E-state index contributed by atoms with van der Waals surface area (Å²) in [6.45, 7) is 5.10. The molecule has 4 heteroatoms. The van der Waals surface area contributed by atoms with Gasteiger partial charge in [-0.3, -0.25) is 9.48 Å². The Kier molecular flexibility index (Phi) is 4.02. The van der Waals surface area contributed by atoms with E-state index in [1.165, 1.54) is 12.8 Å². The lowest BCUT2D eigenvalue weighted by atomic mass is 9.92. The number of ketones is 1. The van der Waals surface area contributed by atoms with Gasteiger partial charge in [0.25, 0.3) is 0 Å². The zero-order valence-electron chi connectivity index (χ0n) is 10.4. The van der Waals surface area contributed by atoms with E-state index in [0.717, 1.165) is 29.6 Å². The normalized spacial score (nSPS) is 24.2. The minimum absolute atomic E-state index is 0.193. The van der Waals surface area contributed by atoms with E-state index in [4.69, 9.17) is 0 Å². The van der Waals surface area contributed by atoms with Crippen molar-refractivity contribution in [3.8, 4) is 0 Å². The topological polar surface area (TPSA) is 34.9 Å². The Morgan fingerprint density at radius 2 is 2.35 bits per heavy atom. The van der Waals surface area contributed by atoms with Gasteiger partial charge in [0.15, 0.2) is 5.78 Å². The Hall–Kier alpha value is -0.640. The van der Waals surface area contributed by atoms with E-state index in [9.17, 15) is 4.79 Å². The van der Waals surface area contributed by atoms with E-state index >= 15 is 0 Å². The van der Waals surface area contributed by atoms with E-state index in [0.29, 0.717) is 5.92 Å². The van der Waals surface area contributed by atoms with Crippen molar-refractivity contribution in [2.45, 2.75) is 46.1 Å². The fraction of sp³-hybridized carbons (Fsp3) is 0.692. The fourth-order valence-corrected chi connectivity index (χ4v) is 3.19. The highest BCUT2D eigenvalue weighted by Crippen LogP contribution is 2.35. The van der Waals surface area contributed by atoms with E-state index in [1.807, 2.05) is 4.68 Å². The molecule has 1 heterocycles. The zero-order valence-corrected chi connectivity index (χ0v) is 12.0. The number of aryl methyl sites for hydroxylation is 1. The molecule has 2 rings (SSSR count). The van der Waals surface area contributed by atoms with Gasteiger partial charge < -0.3 is 0 Å². The molecule has 1 aliphatic carbocycles. The number of carbonyl (C=O) groups is 1. The molecule has 1 aliphatic rings. The minimum atomic E-state index is 0.193. The van der Waals surface area contributed by atoms with Crippen molar-refractivity contribution in [2.24, 2.45) is 11.8 Å². The maximum absolute atomic E-state index is 12.5. The molecular formula is C13H19BrN2O. The second-order valence-corrected chi connectivity index (χ2v) is 5.80. The second kappa shape index (κ2) is 5.34. The van der Waals surface area contributed by atoms with Crippen LogP contribution in [0, 0.1) is 11.8 Å². The summed E-state index contributed by atoms with van der Waals surface area (Å²) in [6, 6.07) is 0. The molecule has 0 saturated heterocycles. The number of Topliss-reactive ketones (excluding diaryl/α,β-unsaturated/α-hetero) is 1. The van der Waals surface area contributed by atoms with E-state index in [2.05, 4.69) is 34.9 Å². The van der Waals surface area contributed by atoms with Gasteiger partial charge in [-0.2, -0.15) is 5.10 Å². The van der Waals surface area contributed by atoms with Crippen LogP contribution in [0.3, 0.4) is 0 Å². The van der Waals surface area contributed by atoms with Crippen LogP contribution < -0.4 is 0 Å². The Bertz CT molecular complexity index is 414. The molecule has 3 nitrogen and oxygen atoms in total. The highest BCUT2D eigenvalue weighted by Gasteiger charge is 2.33. The highest BCUT2D eigenvalue weighted by atomic mass is 79.9. The van der Waals surface area contributed by atoms with Gasteiger partial charge in [-0.1, -0.05) is 20.3 Å². The molecule has 0 aromatic carbocycles. The molecule has 1 aromatic rings. The first kappa shape index (κ1) is 12.8. The van der Waals surface area contributed by atoms with Gasteiger partial charge in [-0.15, -0.1) is 0 Å². The first-order valence-corrected chi connectivity index (χ1v) is 7.20. The molecule has 1 fully saturated rings. The van der Waals surface area contributed by atoms with Gasteiger partial charge in [0.2, 0.25) is 0 Å². The van der Waals surface area contributed by atoms with Gasteiger partial charge in [0.05, 0.1) is 10.7 Å². The van der Waals surface area contributed by atoms with Crippen LogP contribution in [0.15, 0.2) is 10.7 Å². The number of hydrogen-bond acceptors (Lipinski definition) is 2. The van der Waals surface area contributed by atoms with E-state index in [-0.39, 0.29) is 11.7 Å². The number of carbonyl (C=O) groups excluding carboxylic acids is 1. The number of hydrogen-bond donors (Lipinski definition) is 0. The maximum Gasteiger partial charge on any atom is 0.185 e. The van der Waals surface area contributed by atoms with E-state index < -0.39 is 0 Å². The second-order valence-electron chi connectivity index (χ2n) is 4.94. The van der Waals surface area contributed by atoms with Crippen molar-refractivity contribution in [1.82, 2.24) is 9.78 Å². The van der Waals surface area contributed by atoms with Gasteiger partial charge in [0, 0.05) is 12.5 Å². The van der Waals surface area contributed by atoms with Crippen molar-refractivity contribution in [3.63, 3.8) is 0 Å². The van der Waals surface area contributed by atoms with Crippen molar-refractivity contribution >= 4 is 21.7 Å². The number of halogens is 1. The minimum Gasteiger partial charge on any atom is -0.292 e. The first-order valence-electron chi connectivity index (χ1n) is 6.40. The van der Waals surface area contributed by atoms with Gasteiger partial charge in [-0.25, -0.2) is 0 Å². The number of nitrogens with zero attached hydrogens (tertiary/aromatic N) is 2. The van der Waals surface area contributed by atoms with Crippen LogP contribution in [0.4, 0.5) is 0 Å². The fourth-order valence-electron chi connectivity index (χ4n) is 2.70. The summed E-state index contributed by atoms with van der Waals surface area (Å²) in [7, 11) is 0. The van der Waals surface area contributed by atoms with Gasteiger partial charge >= 0.3 is 0 Å². The molecule has 1 saturated carbocycles. The predicted octanol–water partition coefficient (Wildman–Crippen LogP) is 3.67. The summed E-state index contributed by atoms with van der Waals surface area (Å²) < 4.78 is 2.69. The smallest absolute Gasteiger partial charge is 0.185 e. The zero-order chi connectivity index (χ0) is 12.4. The molecule has 0 bridgehead atoms. The lowest BCUT2D eigenvalue weighted by molar-refractivity contribution is 0.0884. The number of rotatable bonds is 4. The summed E-state index contributed by atoms with van der Waals surface area (Å²) in [4.78, 5) is 12.5. The molecule has 0 N–H and O–H groups in total. The van der Waals surface area contributed by atoms with Crippen LogP contribution in [0.5, 0.6) is 0 Å². The maximum atomic E-state index is 12.5. The van der Waals surface area contributed by atoms with Crippen molar-refractivity contribution in [2.75, 3.05) is 0 Å². The summed E-state index contributed by atoms with van der Waals surface area (Å²) in [5.74, 6) is 0.978. The monoisotopic (exact) mass is 298 g/mol. The molecule has 0 radical (unpaired) electrons. The molecule has 17 heavy (non-hydrogen) atoms. The van der Waals surface area contributed by atoms with Gasteiger partial charge in [-0.05, 0) is 41.1 Å².